The Hall–Kier alpha value is -3.08. The van der Waals surface area contributed by atoms with E-state index in [9.17, 15) is 22.4 Å². The number of nitrogens with one attached hydrogen (secondary N) is 1. The van der Waals surface area contributed by atoms with Crippen LogP contribution in [0.3, 0.4) is 0 Å². The number of carbonyl (C=O) groups excluding carboxylic acids is 1. The minimum Gasteiger partial charge on any atom is -0.491 e. The molecular weight excluding hydrogens is 484 g/mol. The Kier molecular flexibility index (Phi) is 5.98. The summed E-state index contributed by atoms with van der Waals surface area (Å²) in [6.45, 7) is 3.31. The smallest absolute Gasteiger partial charge is 0.417 e. The van der Waals surface area contributed by atoms with Gasteiger partial charge in [-0.3, -0.25) is 4.79 Å². The third kappa shape index (κ3) is 4.49. The number of hydrogen-bond donors (Lipinski definition) is 2. The summed E-state index contributed by atoms with van der Waals surface area (Å²) >= 11 is 0.803. The lowest BCUT2D eigenvalue weighted by atomic mass is 10.0. The number of nitrogen functional groups attached to an aromatic ring is 1. The van der Waals surface area contributed by atoms with Gasteiger partial charge in [0.1, 0.15) is 27.9 Å². The third-order valence-electron chi connectivity index (χ3n) is 6.42. The minimum absolute atomic E-state index is 0.0431. The average Bonchev–Trinajstić information content (AvgIpc) is 3.14. The number of nitrogens with zero attached hydrogens (tertiary/aromatic N) is 2. The maximum absolute atomic E-state index is 15.0. The Morgan fingerprint density at radius 2 is 1.97 bits per heavy atom. The Labute approximate surface area is 203 Å². The molecule has 4 heterocycles. The largest absolute Gasteiger partial charge is 0.491 e. The molecule has 1 amide bonds. The number of aromatic nitrogens is 1. The topological polar surface area (TPSA) is 80.5 Å². The van der Waals surface area contributed by atoms with Gasteiger partial charge in [-0.2, -0.15) is 13.2 Å². The number of anilines is 2. The monoisotopic (exact) mass is 508 g/mol. The van der Waals surface area contributed by atoms with Gasteiger partial charge in [0.05, 0.1) is 17.3 Å². The predicted octanol–water partition coefficient (Wildman–Crippen LogP) is 5.07. The van der Waals surface area contributed by atoms with E-state index in [2.05, 4.69) is 15.2 Å². The van der Waals surface area contributed by atoms with E-state index in [1.54, 1.807) is 0 Å². The SMILES string of the molecule is Cc1cc(C(F)(F)F)c2c(N)c(C(=O)N[C@H]3COc4cc(N5CCCCC5)cc(F)c4C3)sc2n1. The molecule has 0 bridgehead atoms. The summed E-state index contributed by atoms with van der Waals surface area (Å²) in [5.41, 5.74) is 6.13. The first-order valence-electron chi connectivity index (χ1n) is 11.4. The standard InChI is InChI=1S/C24H24F4N4O2S/c1-12-7-16(24(26,27)28)19-20(29)21(35-23(19)30-12)22(33)31-13-8-15-17(25)9-14(10-18(15)34-11-13)32-5-3-2-4-6-32/h7,9-10,13H,2-6,8,11,29H2,1H3,(H,31,33)/t13-/m1/s1. The molecule has 1 saturated heterocycles. The normalized spacial score (nSPS) is 18.3. The first kappa shape index (κ1) is 23.7. The van der Waals surface area contributed by atoms with Crippen LogP contribution in [0.1, 0.15) is 45.8 Å². The first-order chi connectivity index (χ1) is 16.6. The molecule has 1 atom stereocenters. The van der Waals surface area contributed by atoms with Crippen molar-refractivity contribution in [3.63, 3.8) is 0 Å². The summed E-state index contributed by atoms with van der Waals surface area (Å²) in [4.78, 5) is 19.2. The number of fused-ring (bicyclic) bond motifs is 2. The number of pyridine rings is 1. The fourth-order valence-corrected chi connectivity index (χ4v) is 5.80. The van der Waals surface area contributed by atoms with Gasteiger partial charge in [0, 0.05) is 47.9 Å². The Morgan fingerprint density at radius 1 is 1.23 bits per heavy atom. The second-order valence-electron chi connectivity index (χ2n) is 8.97. The van der Waals surface area contributed by atoms with Crippen LogP contribution in [0, 0.1) is 12.7 Å². The van der Waals surface area contributed by atoms with Crippen LogP contribution in [0.4, 0.5) is 28.9 Å². The van der Waals surface area contributed by atoms with Crippen molar-refractivity contribution in [1.29, 1.82) is 0 Å². The summed E-state index contributed by atoms with van der Waals surface area (Å²) in [5, 5.41) is 2.46. The number of rotatable bonds is 3. The van der Waals surface area contributed by atoms with Crippen LogP contribution in [0.5, 0.6) is 5.75 Å². The maximum atomic E-state index is 15.0. The molecule has 3 N–H and O–H groups in total. The highest BCUT2D eigenvalue weighted by Crippen LogP contribution is 2.42. The van der Waals surface area contributed by atoms with E-state index in [4.69, 9.17) is 10.5 Å². The van der Waals surface area contributed by atoms with Crippen molar-refractivity contribution in [3.8, 4) is 5.75 Å². The second-order valence-corrected chi connectivity index (χ2v) is 9.97. The van der Waals surface area contributed by atoms with Crippen LogP contribution in [-0.2, 0) is 12.6 Å². The van der Waals surface area contributed by atoms with Gasteiger partial charge in [-0.05, 0) is 38.3 Å². The van der Waals surface area contributed by atoms with Gasteiger partial charge in [-0.1, -0.05) is 0 Å². The Bertz CT molecular complexity index is 1300. The molecule has 11 heteroatoms. The van der Waals surface area contributed by atoms with E-state index in [1.165, 1.54) is 19.4 Å². The molecule has 0 unspecified atom stereocenters. The predicted molar refractivity (Wildman–Crippen MR) is 127 cm³/mol. The number of piperidine rings is 1. The fraction of sp³-hybridized carbons (Fsp3) is 0.417. The van der Waals surface area contributed by atoms with Crippen LogP contribution in [0.15, 0.2) is 18.2 Å². The van der Waals surface area contributed by atoms with Crippen molar-refractivity contribution in [3.05, 3.63) is 45.7 Å². The van der Waals surface area contributed by atoms with Crippen LogP contribution in [0.25, 0.3) is 10.2 Å². The molecule has 6 nitrogen and oxygen atoms in total. The lowest BCUT2D eigenvalue weighted by Gasteiger charge is -2.31. The molecule has 0 radical (unpaired) electrons. The number of carbonyl (C=O) groups is 1. The zero-order chi connectivity index (χ0) is 24.9. The summed E-state index contributed by atoms with van der Waals surface area (Å²) in [6, 6.07) is 3.68. The lowest BCUT2D eigenvalue weighted by molar-refractivity contribution is -0.136. The zero-order valence-corrected chi connectivity index (χ0v) is 19.8. The highest BCUT2D eigenvalue weighted by atomic mass is 32.1. The molecule has 35 heavy (non-hydrogen) atoms. The minimum atomic E-state index is -4.64. The van der Waals surface area contributed by atoms with Crippen LogP contribution < -0.4 is 20.7 Å². The number of alkyl halides is 3. The van der Waals surface area contributed by atoms with E-state index in [0.29, 0.717) is 11.3 Å². The maximum Gasteiger partial charge on any atom is 0.417 e. The van der Waals surface area contributed by atoms with Crippen molar-refractivity contribution in [2.45, 2.75) is 44.8 Å². The number of benzene rings is 1. The van der Waals surface area contributed by atoms with Gasteiger partial charge in [-0.25, -0.2) is 9.37 Å². The number of ether oxygens (including phenoxy) is 1. The van der Waals surface area contributed by atoms with Gasteiger partial charge < -0.3 is 20.7 Å². The van der Waals surface area contributed by atoms with Gasteiger partial charge in [-0.15, -0.1) is 11.3 Å². The van der Waals surface area contributed by atoms with Gasteiger partial charge in [0.2, 0.25) is 0 Å². The van der Waals surface area contributed by atoms with Crippen molar-refractivity contribution in [2.75, 3.05) is 30.3 Å². The van der Waals surface area contributed by atoms with Gasteiger partial charge >= 0.3 is 6.18 Å². The highest BCUT2D eigenvalue weighted by molar-refractivity contribution is 7.21. The van der Waals surface area contributed by atoms with Crippen molar-refractivity contribution >= 4 is 38.8 Å². The number of hydrogen-bond acceptors (Lipinski definition) is 6. The van der Waals surface area contributed by atoms with Crippen LogP contribution >= 0.6 is 11.3 Å². The number of nitrogens with two attached hydrogens (primary N) is 1. The molecule has 0 spiro atoms. The summed E-state index contributed by atoms with van der Waals surface area (Å²) < 4.78 is 61.4. The Morgan fingerprint density at radius 3 is 2.69 bits per heavy atom. The first-order valence-corrected chi connectivity index (χ1v) is 12.2. The molecule has 1 aromatic carbocycles. The van der Waals surface area contributed by atoms with Crippen molar-refractivity contribution in [1.82, 2.24) is 10.3 Å². The highest BCUT2D eigenvalue weighted by Gasteiger charge is 2.36. The molecule has 5 rings (SSSR count). The Balaban J connectivity index is 1.37. The van der Waals surface area contributed by atoms with E-state index < -0.39 is 29.5 Å². The molecule has 0 saturated carbocycles. The molecule has 2 aliphatic heterocycles. The van der Waals surface area contributed by atoms with E-state index in [-0.39, 0.29) is 39.5 Å². The molecular formula is C24H24F4N4O2S. The molecule has 2 aliphatic rings. The number of amides is 1. The fourth-order valence-electron chi connectivity index (χ4n) is 4.73. The molecule has 2 aromatic heterocycles. The number of aryl methyl sites for hydroxylation is 1. The zero-order valence-electron chi connectivity index (χ0n) is 19.0. The lowest BCUT2D eigenvalue weighted by Crippen LogP contribution is -2.43. The van der Waals surface area contributed by atoms with Crippen LogP contribution in [-0.4, -0.2) is 36.6 Å². The second kappa shape index (κ2) is 8.85. The van der Waals surface area contributed by atoms with Gasteiger partial charge in [0.25, 0.3) is 5.91 Å². The molecule has 0 aliphatic carbocycles. The number of thiophene rings is 1. The summed E-state index contributed by atoms with van der Waals surface area (Å²) in [7, 11) is 0. The van der Waals surface area contributed by atoms with E-state index >= 15 is 0 Å². The molecule has 186 valence electrons. The average molecular weight is 509 g/mol. The van der Waals surface area contributed by atoms with Crippen molar-refractivity contribution in [2.24, 2.45) is 0 Å². The summed E-state index contributed by atoms with van der Waals surface area (Å²) in [5.74, 6) is -0.594. The van der Waals surface area contributed by atoms with Crippen molar-refractivity contribution < 1.29 is 27.1 Å². The third-order valence-corrected chi connectivity index (χ3v) is 7.52. The number of halogens is 4. The summed E-state index contributed by atoms with van der Waals surface area (Å²) in [6.07, 6.45) is -1.15. The molecule has 3 aromatic rings. The van der Waals surface area contributed by atoms with E-state index in [1.807, 2.05) is 6.07 Å². The quantitative estimate of drug-likeness (QED) is 0.483. The molecule has 1 fully saturated rings. The van der Waals surface area contributed by atoms with E-state index in [0.717, 1.165) is 49.0 Å². The van der Waals surface area contributed by atoms with Gasteiger partial charge in [0.15, 0.2) is 0 Å². The van der Waals surface area contributed by atoms with Crippen LogP contribution in [0.2, 0.25) is 0 Å².